The van der Waals surface area contributed by atoms with Crippen LogP contribution in [0.15, 0.2) is 35.5 Å². The van der Waals surface area contributed by atoms with Gasteiger partial charge >= 0.3 is 18.0 Å². The molecule has 1 aromatic carbocycles. The highest BCUT2D eigenvalue weighted by Gasteiger charge is 2.30. The van der Waals surface area contributed by atoms with Gasteiger partial charge < -0.3 is 20.1 Å². The number of fused-ring (bicyclic) bond motifs is 1. The number of urea groups is 1. The van der Waals surface area contributed by atoms with E-state index in [1.165, 1.54) is 0 Å². The third-order valence-corrected chi connectivity index (χ3v) is 3.88. The van der Waals surface area contributed by atoms with Crippen molar-refractivity contribution in [2.75, 3.05) is 13.2 Å². The highest BCUT2D eigenvalue weighted by molar-refractivity contribution is 6.02. The molecule has 0 saturated heterocycles. The van der Waals surface area contributed by atoms with Gasteiger partial charge in [0.15, 0.2) is 5.69 Å². The van der Waals surface area contributed by atoms with Gasteiger partial charge in [0.1, 0.15) is 6.61 Å². The zero-order valence-corrected chi connectivity index (χ0v) is 14.3. The van der Waals surface area contributed by atoms with E-state index in [4.69, 9.17) is 9.47 Å². The quantitative estimate of drug-likeness (QED) is 0.691. The van der Waals surface area contributed by atoms with Gasteiger partial charge in [0, 0.05) is 5.39 Å². The fraction of sp³-hybridized carbons (Fsp3) is 0.294. The number of carbonyl (C=O) groups is 3. The van der Waals surface area contributed by atoms with Crippen molar-refractivity contribution in [2.24, 2.45) is 0 Å². The van der Waals surface area contributed by atoms with Crippen LogP contribution in [0.4, 0.5) is 4.79 Å². The molecule has 1 aliphatic heterocycles. The molecule has 0 fully saturated rings. The first-order chi connectivity index (χ1) is 12.5. The maximum Gasteiger partial charge on any atom is 0.359 e. The monoisotopic (exact) mass is 358 g/mol. The molecule has 3 N–H and O–H groups in total. The van der Waals surface area contributed by atoms with Crippen LogP contribution in [0.1, 0.15) is 24.3 Å². The molecule has 2 amide bonds. The fourth-order valence-corrected chi connectivity index (χ4v) is 2.72. The molecule has 0 aliphatic carbocycles. The summed E-state index contributed by atoms with van der Waals surface area (Å²) < 4.78 is 10.3. The van der Waals surface area contributed by atoms with Crippen LogP contribution in [0.2, 0.25) is 0 Å². The van der Waals surface area contributed by atoms with Crippen LogP contribution in [0.3, 0.4) is 0 Å². The average Bonchev–Trinajstić information content (AvgIpc) is 3.03. The number of hydrogen-bond donors (Lipinski definition) is 3. The van der Waals surface area contributed by atoms with Gasteiger partial charge in [-0.05, 0) is 19.9 Å². The summed E-state index contributed by atoms with van der Waals surface area (Å²) in [5.74, 6) is -1.25. The molecule has 0 unspecified atom stereocenters. The Labute approximate surface area is 148 Å². The molecule has 3 rings (SSSR count). The van der Waals surface area contributed by atoms with Crippen LogP contribution in [-0.4, -0.2) is 47.4 Å². The predicted molar refractivity (Wildman–Crippen MR) is 91.2 cm³/mol. The summed E-state index contributed by atoms with van der Waals surface area (Å²) in [4.78, 5) is 36.2. The number of esters is 2. The summed E-state index contributed by atoms with van der Waals surface area (Å²) in [5, 5.41) is 12.4. The Kier molecular flexibility index (Phi) is 4.87. The van der Waals surface area contributed by atoms with Gasteiger partial charge in [-0.2, -0.15) is 5.10 Å². The number of H-pyrrole nitrogens is 1. The number of rotatable bonds is 5. The van der Waals surface area contributed by atoms with Crippen molar-refractivity contribution in [1.82, 2.24) is 20.8 Å². The number of para-hydroxylation sites is 1. The highest BCUT2D eigenvalue weighted by Crippen LogP contribution is 2.18. The lowest BCUT2D eigenvalue weighted by molar-refractivity contribution is -0.139. The third kappa shape index (κ3) is 3.37. The maximum atomic E-state index is 12.4. The van der Waals surface area contributed by atoms with Gasteiger partial charge in [0.25, 0.3) is 0 Å². The summed E-state index contributed by atoms with van der Waals surface area (Å²) in [6.07, 6.45) is 0. The molecule has 9 nitrogen and oxygen atoms in total. The van der Waals surface area contributed by atoms with Gasteiger partial charge in [-0.15, -0.1) is 0 Å². The van der Waals surface area contributed by atoms with Crippen molar-refractivity contribution in [2.45, 2.75) is 19.9 Å². The molecule has 2 heterocycles. The molecular formula is C17H18N4O5. The molecule has 2 aromatic rings. The van der Waals surface area contributed by atoms with E-state index in [1.807, 2.05) is 6.07 Å². The smallest absolute Gasteiger partial charge is 0.359 e. The van der Waals surface area contributed by atoms with Crippen molar-refractivity contribution in [3.8, 4) is 0 Å². The minimum Gasteiger partial charge on any atom is -0.463 e. The number of ether oxygens (including phenoxy) is 2. The van der Waals surface area contributed by atoms with Crippen molar-refractivity contribution in [1.29, 1.82) is 0 Å². The molecule has 26 heavy (non-hydrogen) atoms. The molecule has 1 aliphatic rings. The predicted octanol–water partition coefficient (Wildman–Crippen LogP) is 1.24. The number of carbonyl (C=O) groups excluding carboxylic acids is 3. The summed E-state index contributed by atoms with van der Waals surface area (Å²) in [5.41, 5.74) is 1.24. The van der Waals surface area contributed by atoms with E-state index in [1.54, 1.807) is 32.0 Å². The Morgan fingerprint density at radius 2 is 1.96 bits per heavy atom. The number of aromatic amines is 1. The molecule has 136 valence electrons. The number of nitrogens with zero attached hydrogens (tertiary/aromatic N) is 1. The van der Waals surface area contributed by atoms with Crippen LogP contribution in [0.25, 0.3) is 10.9 Å². The normalized spacial score (nSPS) is 16.8. The Morgan fingerprint density at radius 3 is 2.73 bits per heavy atom. The topological polar surface area (TPSA) is 122 Å². The van der Waals surface area contributed by atoms with Crippen molar-refractivity contribution in [3.05, 3.63) is 41.2 Å². The molecule has 0 spiro atoms. The fourth-order valence-electron chi connectivity index (χ4n) is 2.72. The standard InChI is InChI=1S/C17H18N4O5/c1-3-25-15(22)13-9(2)18-17(24)19-12(13)8-26-16(23)14-10-6-4-5-7-11(10)20-21-14/h4-7,9H,3,8H2,1-2H3,(H,20,21)(H2,18,19,24)/t9-/m0/s1. The van der Waals surface area contributed by atoms with E-state index in [2.05, 4.69) is 20.8 Å². The van der Waals surface area contributed by atoms with Gasteiger partial charge in [-0.25, -0.2) is 14.4 Å². The minimum absolute atomic E-state index is 0.132. The lowest BCUT2D eigenvalue weighted by Gasteiger charge is -2.26. The lowest BCUT2D eigenvalue weighted by atomic mass is 10.0. The summed E-state index contributed by atoms with van der Waals surface area (Å²) in [6, 6.07) is 6.08. The first-order valence-electron chi connectivity index (χ1n) is 8.09. The molecule has 0 bridgehead atoms. The van der Waals surface area contributed by atoms with Gasteiger partial charge in [0.05, 0.1) is 29.4 Å². The number of nitrogens with one attached hydrogen (secondary N) is 3. The Balaban J connectivity index is 1.81. The molecule has 0 radical (unpaired) electrons. The van der Waals surface area contributed by atoms with Crippen molar-refractivity contribution < 1.29 is 23.9 Å². The molecule has 1 aromatic heterocycles. The van der Waals surface area contributed by atoms with E-state index in [0.29, 0.717) is 10.9 Å². The Hall–Kier alpha value is -3.36. The number of aromatic nitrogens is 2. The highest BCUT2D eigenvalue weighted by atomic mass is 16.5. The number of benzene rings is 1. The van der Waals surface area contributed by atoms with Crippen LogP contribution in [0, 0.1) is 0 Å². The van der Waals surface area contributed by atoms with E-state index in [9.17, 15) is 14.4 Å². The van der Waals surface area contributed by atoms with Crippen LogP contribution < -0.4 is 10.6 Å². The number of amides is 2. The van der Waals surface area contributed by atoms with E-state index in [0.717, 1.165) is 0 Å². The molecular weight excluding hydrogens is 340 g/mol. The second-order valence-electron chi connectivity index (χ2n) is 5.63. The average molecular weight is 358 g/mol. The zero-order valence-electron chi connectivity index (χ0n) is 14.3. The Bertz CT molecular complexity index is 901. The molecule has 9 heteroatoms. The van der Waals surface area contributed by atoms with E-state index in [-0.39, 0.29) is 30.2 Å². The van der Waals surface area contributed by atoms with Gasteiger partial charge in [-0.3, -0.25) is 5.10 Å². The molecule has 1 atom stereocenters. The largest absolute Gasteiger partial charge is 0.463 e. The summed E-state index contributed by atoms with van der Waals surface area (Å²) in [6.45, 7) is 3.23. The second kappa shape index (κ2) is 7.26. The maximum absolute atomic E-state index is 12.4. The van der Waals surface area contributed by atoms with Crippen LogP contribution in [-0.2, 0) is 14.3 Å². The van der Waals surface area contributed by atoms with Crippen LogP contribution >= 0.6 is 0 Å². The summed E-state index contributed by atoms with van der Waals surface area (Å²) in [7, 11) is 0. The third-order valence-electron chi connectivity index (χ3n) is 3.88. The Morgan fingerprint density at radius 1 is 1.19 bits per heavy atom. The first-order valence-corrected chi connectivity index (χ1v) is 8.09. The SMILES string of the molecule is CCOC(=O)C1=C(COC(=O)c2n[nH]c3ccccc23)NC(=O)N[C@H]1C. The summed E-state index contributed by atoms with van der Waals surface area (Å²) >= 11 is 0. The van der Waals surface area contributed by atoms with Gasteiger partial charge in [0.2, 0.25) is 0 Å². The number of hydrogen-bond acceptors (Lipinski definition) is 6. The minimum atomic E-state index is -0.668. The second-order valence-corrected chi connectivity index (χ2v) is 5.63. The lowest BCUT2D eigenvalue weighted by Crippen LogP contribution is -2.50. The first kappa shape index (κ1) is 17.5. The van der Waals surface area contributed by atoms with Crippen molar-refractivity contribution in [3.63, 3.8) is 0 Å². The molecule has 0 saturated carbocycles. The van der Waals surface area contributed by atoms with E-state index >= 15 is 0 Å². The van der Waals surface area contributed by atoms with E-state index < -0.39 is 24.0 Å². The van der Waals surface area contributed by atoms with Crippen molar-refractivity contribution >= 4 is 28.9 Å². The zero-order chi connectivity index (χ0) is 18.7. The van der Waals surface area contributed by atoms with Gasteiger partial charge in [-0.1, -0.05) is 18.2 Å². The van der Waals surface area contributed by atoms with Crippen LogP contribution in [0.5, 0.6) is 0 Å².